The van der Waals surface area contributed by atoms with Crippen LogP contribution in [0, 0.1) is 11.8 Å². The summed E-state index contributed by atoms with van der Waals surface area (Å²) in [5.74, 6) is 0.350. The van der Waals surface area contributed by atoms with Gasteiger partial charge in [0.15, 0.2) is 0 Å². The van der Waals surface area contributed by atoms with E-state index in [1.165, 1.54) is 0 Å². The molecule has 0 bridgehead atoms. The predicted octanol–water partition coefficient (Wildman–Crippen LogP) is 1.16. The van der Waals surface area contributed by atoms with Gasteiger partial charge in [-0.15, -0.1) is 0 Å². The summed E-state index contributed by atoms with van der Waals surface area (Å²) in [6.45, 7) is 2.59. The van der Waals surface area contributed by atoms with Crippen molar-refractivity contribution in [1.29, 1.82) is 0 Å². The molecule has 0 aliphatic carbocycles. The quantitative estimate of drug-likeness (QED) is 0.700. The first-order chi connectivity index (χ1) is 7.22. The number of cyclic esters (lactones) is 1. The van der Waals surface area contributed by atoms with Crippen LogP contribution in [-0.2, 0) is 23.0 Å². The van der Waals surface area contributed by atoms with Gasteiger partial charge >= 0.3 is 5.97 Å². The summed E-state index contributed by atoms with van der Waals surface area (Å²) >= 11 is 0. The summed E-state index contributed by atoms with van der Waals surface area (Å²) in [6.07, 6.45) is 5.38. The van der Waals surface area contributed by atoms with Crippen molar-refractivity contribution >= 4 is 5.97 Å². The molecule has 4 nitrogen and oxygen atoms in total. The van der Waals surface area contributed by atoms with Gasteiger partial charge in [0, 0.05) is 24.9 Å². The largest absolute Gasteiger partial charge is 0.465 e. The summed E-state index contributed by atoms with van der Waals surface area (Å²) in [4.78, 5) is 15.5. The smallest absolute Gasteiger partial charge is 0.309 e. The lowest BCUT2D eigenvalue weighted by Gasteiger charge is -2.12. The minimum absolute atomic E-state index is 0.0373. The first kappa shape index (κ1) is 10.2. The molecular weight excluding hydrogens is 192 g/mol. The van der Waals surface area contributed by atoms with E-state index in [-0.39, 0.29) is 11.9 Å². The third-order valence-corrected chi connectivity index (χ3v) is 3.14. The highest BCUT2D eigenvalue weighted by atomic mass is 16.5. The number of imidazole rings is 1. The number of carbonyl (C=O) groups excluding carboxylic acids is 1. The van der Waals surface area contributed by atoms with Crippen LogP contribution < -0.4 is 0 Å². The molecule has 2 heterocycles. The Labute approximate surface area is 89.3 Å². The van der Waals surface area contributed by atoms with Crippen molar-refractivity contribution in [3.05, 3.63) is 18.2 Å². The van der Waals surface area contributed by atoms with Crippen LogP contribution in [0.2, 0.25) is 0 Å². The highest BCUT2D eigenvalue weighted by molar-refractivity contribution is 5.74. The van der Waals surface area contributed by atoms with Crippen molar-refractivity contribution in [2.45, 2.75) is 19.8 Å². The summed E-state index contributed by atoms with van der Waals surface area (Å²) in [5, 5.41) is 0. The maximum atomic E-state index is 11.4. The fourth-order valence-electron chi connectivity index (χ4n) is 2.16. The molecule has 1 aliphatic heterocycles. The molecule has 15 heavy (non-hydrogen) atoms. The van der Waals surface area contributed by atoms with Crippen LogP contribution in [-0.4, -0.2) is 22.1 Å². The molecule has 1 aromatic rings. The van der Waals surface area contributed by atoms with Gasteiger partial charge in [0.1, 0.15) is 0 Å². The third kappa shape index (κ3) is 1.89. The van der Waals surface area contributed by atoms with E-state index >= 15 is 0 Å². The van der Waals surface area contributed by atoms with Gasteiger partial charge in [0.05, 0.1) is 18.9 Å². The number of ether oxygens (including phenoxy) is 1. The van der Waals surface area contributed by atoms with Crippen LogP contribution >= 0.6 is 0 Å². The number of aryl methyl sites for hydroxylation is 1. The van der Waals surface area contributed by atoms with Gasteiger partial charge < -0.3 is 9.30 Å². The molecule has 4 heteroatoms. The van der Waals surface area contributed by atoms with E-state index in [1.54, 1.807) is 6.33 Å². The number of aromatic nitrogens is 2. The Morgan fingerprint density at radius 3 is 3.07 bits per heavy atom. The third-order valence-electron chi connectivity index (χ3n) is 3.14. The van der Waals surface area contributed by atoms with E-state index in [0.717, 1.165) is 18.5 Å². The molecule has 2 atom stereocenters. The number of rotatable bonds is 3. The lowest BCUT2D eigenvalue weighted by Crippen LogP contribution is -2.18. The van der Waals surface area contributed by atoms with Crippen molar-refractivity contribution < 1.29 is 9.53 Å². The normalized spacial score (nSPS) is 25.6. The van der Waals surface area contributed by atoms with Crippen LogP contribution in [0.25, 0.3) is 0 Å². The Hall–Kier alpha value is -1.32. The second kappa shape index (κ2) is 4.04. The van der Waals surface area contributed by atoms with Crippen molar-refractivity contribution in [3.8, 4) is 0 Å². The van der Waals surface area contributed by atoms with Crippen LogP contribution in [0.5, 0.6) is 0 Å². The zero-order chi connectivity index (χ0) is 10.8. The molecule has 1 saturated heterocycles. The van der Waals surface area contributed by atoms with E-state index in [1.807, 2.05) is 24.7 Å². The molecule has 82 valence electrons. The topological polar surface area (TPSA) is 44.1 Å². The summed E-state index contributed by atoms with van der Waals surface area (Å²) < 4.78 is 7.08. The molecule has 0 N–H and O–H groups in total. The Kier molecular flexibility index (Phi) is 2.75. The highest BCUT2D eigenvalue weighted by Gasteiger charge is 2.35. The first-order valence-corrected chi connectivity index (χ1v) is 5.34. The molecule has 1 unspecified atom stereocenters. The van der Waals surface area contributed by atoms with Crippen molar-refractivity contribution in [2.24, 2.45) is 18.9 Å². The molecule has 1 fully saturated rings. The van der Waals surface area contributed by atoms with Crippen molar-refractivity contribution in [2.75, 3.05) is 6.61 Å². The van der Waals surface area contributed by atoms with E-state index in [0.29, 0.717) is 12.5 Å². The fourth-order valence-corrected chi connectivity index (χ4v) is 2.16. The highest BCUT2D eigenvalue weighted by Crippen LogP contribution is 2.27. The number of hydrogen-bond acceptors (Lipinski definition) is 3. The number of carbonyl (C=O) groups is 1. The Morgan fingerprint density at radius 1 is 1.67 bits per heavy atom. The second-order valence-corrected chi connectivity index (χ2v) is 4.10. The summed E-state index contributed by atoms with van der Waals surface area (Å²) in [7, 11) is 1.97. The minimum Gasteiger partial charge on any atom is -0.465 e. The standard InChI is InChI=1S/C11H16N2O2/c1-3-10-8(6-15-11(10)14)4-9-5-12-7-13(9)2/h5,7-8,10H,3-4,6H2,1-2H3/t8?,10-/m0/s1. The maximum absolute atomic E-state index is 11.4. The second-order valence-electron chi connectivity index (χ2n) is 4.10. The summed E-state index contributed by atoms with van der Waals surface area (Å²) in [5.41, 5.74) is 1.16. The van der Waals surface area contributed by atoms with Gasteiger partial charge in [0.2, 0.25) is 0 Å². The van der Waals surface area contributed by atoms with Crippen LogP contribution in [0.4, 0.5) is 0 Å². The van der Waals surface area contributed by atoms with Gasteiger partial charge in [-0.25, -0.2) is 4.98 Å². The van der Waals surface area contributed by atoms with Gasteiger partial charge in [-0.2, -0.15) is 0 Å². The first-order valence-electron chi connectivity index (χ1n) is 5.34. The van der Waals surface area contributed by atoms with Crippen LogP contribution in [0.3, 0.4) is 0 Å². The molecule has 1 aromatic heterocycles. The summed E-state index contributed by atoms with van der Waals surface area (Å²) in [6, 6.07) is 0. The number of hydrogen-bond donors (Lipinski definition) is 0. The maximum Gasteiger partial charge on any atom is 0.309 e. The Balaban J connectivity index is 2.06. The molecule has 2 rings (SSSR count). The minimum atomic E-state index is -0.0373. The van der Waals surface area contributed by atoms with Gasteiger partial charge in [-0.1, -0.05) is 6.92 Å². The lowest BCUT2D eigenvalue weighted by atomic mass is 9.89. The molecule has 0 aromatic carbocycles. The average Bonchev–Trinajstić information content (AvgIpc) is 2.76. The number of nitrogens with zero attached hydrogens (tertiary/aromatic N) is 2. The molecule has 0 spiro atoms. The molecule has 0 amide bonds. The molecule has 0 saturated carbocycles. The van der Waals surface area contributed by atoms with E-state index < -0.39 is 0 Å². The van der Waals surface area contributed by atoms with Crippen molar-refractivity contribution in [1.82, 2.24) is 9.55 Å². The van der Waals surface area contributed by atoms with E-state index in [4.69, 9.17) is 4.74 Å². The predicted molar refractivity (Wildman–Crippen MR) is 55.1 cm³/mol. The average molecular weight is 208 g/mol. The number of esters is 1. The van der Waals surface area contributed by atoms with Gasteiger partial charge in [0.25, 0.3) is 0 Å². The molecular formula is C11H16N2O2. The monoisotopic (exact) mass is 208 g/mol. The molecule has 0 radical (unpaired) electrons. The Morgan fingerprint density at radius 2 is 2.47 bits per heavy atom. The fraction of sp³-hybridized carbons (Fsp3) is 0.636. The van der Waals surface area contributed by atoms with Crippen LogP contribution in [0.1, 0.15) is 19.0 Å². The van der Waals surface area contributed by atoms with Crippen molar-refractivity contribution in [3.63, 3.8) is 0 Å². The zero-order valence-corrected chi connectivity index (χ0v) is 9.14. The van der Waals surface area contributed by atoms with E-state index in [9.17, 15) is 4.79 Å². The van der Waals surface area contributed by atoms with Gasteiger partial charge in [-0.3, -0.25) is 4.79 Å². The van der Waals surface area contributed by atoms with E-state index in [2.05, 4.69) is 4.98 Å². The van der Waals surface area contributed by atoms with Crippen LogP contribution in [0.15, 0.2) is 12.5 Å². The SMILES string of the molecule is CC[C@@H]1C(=O)OCC1Cc1cncn1C. The Bertz CT molecular complexity index is 359. The van der Waals surface area contributed by atoms with Gasteiger partial charge in [-0.05, 0) is 12.8 Å². The molecule has 1 aliphatic rings. The lowest BCUT2D eigenvalue weighted by molar-refractivity contribution is -0.141. The zero-order valence-electron chi connectivity index (χ0n) is 9.14.